The van der Waals surface area contributed by atoms with Crippen molar-refractivity contribution < 1.29 is 27.8 Å². The Morgan fingerprint density at radius 1 is 1.33 bits per heavy atom. The van der Waals surface area contributed by atoms with Gasteiger partial charge in [0, 0.05) is 0 Å². The highest BCUT2D eigenvalue weighted by atomic mass is 19.4. The maximum Gasteiger partial charge on any atom is 0.419 e. The predicted octanol–water partition coefficient (Wildman–Crippen LogP) is 1.60. The summed E-state index contributed by atoms with van der Waals surface area (Å²) < 4.78 is 41.4. The van der Waals surface area contributed by atoms with Gasteiger partial charge in [-0.25, -0.2) is 4.79 Å². The van der Waals surface area contributed by atoms with Crippen LogP contribution in [0, 0.1) is 0 Å². The molecule has 1 aromatic carbocycles. The summed E-state index contributed by atoms with van der Waals surface area (Å²) in [6.45, 7) is -0.966. The van der Waals surface area contributed by atoms with Crippen molar-refractivity contribution >= 4 is 5.97 Å². The zero-order valence-corrected chi connectivity index (χ0v) is 7.41. The third-order valence-corrected chi connectivity index (χ3v) is 1.55. The van der Waals surface area contributed by atoms with Crippen LogP contribution in [0.2, 0.25) is 0 Å². The molecule has 1 N–H and O–H groups in total. The van der Waals surface area contributed by atoms with E-state index in [9.17, 15) is 18.0 Å². The lowest BCUT2D eigenvalue weighted by Gasteiger charge is -2.11. The minimum atomic E-state index is -4.59. The molecule has 0 unspecified atom stereocenters. The molecule has 0 bridgehead atoms. The molecule has 0 heterocycles. The van der Waals surface area contributed by atoms with Gasteiger partial charge in [-0.2, -0.15) is 13.2 Å². The van der Waals surface area contributed by atoms with Gasteiger partial charge in [0.15, 0.2) is 0 Å². The number of aliphatic hydroxyl groups excluding tert-OH is 1. The topological polar surface area (TPSA) is 46.5 Å². The summed E-state index contributed by atoms with van der Waals surface area (Å²) in [4.78, 5) is 10.6. The van der Waals surface area contributed by atoms with E-state index in [0.29, 0.717) is 0 Å². The first-order valence-electron chi connectivity index (χ1n) is 3.93. The molecule has 0 saturated carbocycles. The summed E-state index contributed by atoms with van der Waals surface area (Å²) in [5.74, 6) is -1.74. The number of aliphatic hydroxyl groups is 1. The molecule has 0 aliphatic carbocycles. The summed E-state index contributed by atoms with van der Waals surface area (Å²) >= 11 is 0. The highest BCUT2D eigenvalue weighted by molar-refractivity contribution is 5.73. The molecule has 82 valence electrons. The molecular formula is C9H7F3O3. The van der Waals surface area contributed by atoms with E-state index in [1.165, 1.54) is 12.1 Å². The number of esters is 1. The minimum absolute atomic E-state index is 0.607. The molecule has 0 saturated heterocycles. The molecular weight excluding hydrogens is 213 g/mol. The van der Waals surface area contributed by atoms with Gasteiger partial charge in [-0.05, 0) is 12.1 Å². The second-order valence-corrected chi connectivity index (χ2v) is 2.63. The molecule has 0 fully saturated rings. The Kier molecular flexibility index (Phi) is 3.31. The number of benzene rings is 1. The fourth-order valence-corrected chi connectivity index (χ4v) is 0.945. The minimum Gasteiger partial charge on any atom is -0.424 e. The number of halogens is 3. The number of para-hydroxylation sites is 1. The van der Waals surface area contributed by atoms with Crippen LogP contribution in [0.4, 0.5) is 13.2 Å². The van der Waals surface area contributed by atoms with E-state index in [1.54, 1.807) is 0 Å². The number of alkyl halides is 3. The van der Waals surface area contributed by atoms with E-state index >= 15 is 0 Å². The summed E-state index contributed by atoms with van der Waals surface area (Å²) in [7, 11) is 0. The van der Waals surface area contributed by atoms with Crippen molar-refractivity contribution in [1.82, 2.24) is 0 Å². The first-order chi connectivity index (χ1) is 6.95. The Morgan fingerprint density at radius 3 is 2.47 bits per heavy atom. The van der Waals surface area contributed by atoms with E-state index in [0.717, 1.165) is 12.1 Å². The largest absolute Gasteiger partial charge is 0.424 e. The van der Waals surface area contributed by atoms with Crippen LogP contribution >= 0.6 is 0 Å². The number of carbonyl (C=O) groups is 1. The molecule has 1 rings (SSSR count). The SMILES string of the molecule is O=C(CO)Oc1ccccc1C(F)(F)F. The van der Waals surface area contributed by atoms with Crippen LogP contribution in [0.5, 0.6) is 5.75 Å². The molecule has 3 nitrogen and oxygen atoms in total. The van der Waals surface area contributed by atoms with Gasteiger partial charge in [-0.3, -0.25) is 0 Å². The Labute approximate surface area is 83.1 Å². The van der Waals surface area contributed by atoms with Gasteiger partial charge in [0.25, 0.3) is 0 Å². The number of rotatable bonds is 2. The van der Waals surface area contributed by atoms with E-state index in [2.05, 4.69) is 4.74 Å². The maximum absolute atomic E-state index is 12.3. The highest BCUT2D eigenvalue weighted by Crippen LogP contribution is 2.35. The van der Waals surface area contributed by atoms with Crippen LogP contribution in [-0.2, 0) is 11.0 Å². The van der Waals surface area contributed by atoms with Crippen LogP contribution in [0.1, 0.15) is 5.56 Å². The smallest absolute Gasteiger partial charge is 0.419 e. The summed E-state index contributed by atoms with van der Waals surface area (Å²) in [5, 5.41) is 8.33. The van der Waals surface area contributed by atoms with Gasteiger partial charge in [0.1, 0.15) is 12.4 Å². The van der Waals surface area contributed by atoms with Gasteiger partial charge < -0.3 is 9.84 Å². The predicted molar refractivity (Wildman–Crippen MR) is 44.2 cm³/mol. The Bertz CT molecular complexity index is 360. The quantitative estimate of drug-likeness (QED) is 0.608. The molecule has 0 aromatic heterocycles. The van der Waals surface area contributed by atoms with Crippen LogP contribution < -0.4 is 4.74 Å². The lowest BCUT2D eigenvalue weighted by molar-refractivity contribution is -0.143. The monoisotopic (exact) mass is 220 g/mol. The molecule has 1 aromatic rings. The van der Waals surface area contributed by atoms with Gasteiger partial charge >= 0.3 is 12.1 Å². The van der Waals surface area contributed by atoms with Crippen LogP contribution in [0.25, 0.3) is 0 Å². The molecule has 0 atom stereocenters. The third kappa shape index (κ3) is 2.95. The average molecular weight is 220 g/mol. The average Bonchev–Trinajstić information content (AvgIpc) is 2.17. The zero-order valence-electron chi connectivity index (χ0n) is 7.41. The fourth-order valence-electron chi connectivity index (χ4n) is 0.945. The van der Waals surface area contributed by atoms with Crippen molar-refractivity contribution in [2.45, 2.75) is 6.18 Å². The van der Waals surface area contributed by atoms with E-state index in [1.807, 2.05) is 0 Å². The normalized spacial score (nSPS) is 11.2. The Balaban J connectivity index is 3.02. The van der Waals surface area contributed by atoms with Crippen molar-refractivity contribution in [3.63, 3.8) is 0 Å². The summed E-state index contributed by atoms with van der Waals surface area (Å²) in [5.41, 5.74) is -1.05. The first-order valence-corrected chi connectivity index (χ1v) is 3.93. The van der Waals surface area contributed by atoms with E-state index in [4.69, 9.17) is 5.11 Å². The molecule has 0 radical (unpaired) electrons. The van der Waals surface area contributed by atoms with Gasteiger partial charge in [0.2, 0.25) is 0 Å². The van der Waals surface area contributed by atoms with Crippen molar-refractivity contribution in [1.29, 1.82) is 0 Å². The lowest BCUT2D eigenvalue weighted by atomic mass is 10.2. The maximum atomic E-state index is 12.3. The van der Waals surface area contributed by atoms with Crippen molar-refractivity contribution in [3.8, 4) is 5.75 Å². The standard InChI is InChI=1S/C9H7F3O3/c10-9(11,12)6-3-1-2-4-7(6)15-8(14)5-13/h1-4,13H,5H2. The number of ether oxygens (including phenoxy) is 1. The first kappa shape index (κ1) is 11.5. The zero-order chi connectivity index (χ0) is 11.5. The summed E-state index contributed by atoms with van der Waals surface area (Å²) in [6, 6.07) is 4.28. The van der Waals surface area contributed by atoms with Crippen molar-refractivity contribution in [3.05, 3.63) is 29.8 Å². The highest BCUT2D eigenvalue weighted by Gasteiger charge is 2.34. The van der Waals surface area contributed by atoms with Crippen LogP contribution in [-0.4, -0.2) is 17.7 Å². The third-order valence-electron chi connectivity index (χ3n) is 1.55. The number of hydrogen-bond acceptors (Lipinski definition) is 3. The van der Waals surface area contributed by atoms with Crippen LogP contribution in [0.15, 0.2) is 24.3 Å². The van der Waals surface area contributed by atoms with Crippen molar-refractivity contribution in [2.24, 2.45) is 0 Å². The molecule has 6 heteroatoms. The second-order valence-electron chi connectivity index (χ2n) is 2.63. The molecule has 0 aliphatic rings. The van der Waals surface area contributed by atoms with Crippen molar-refractivity contribution in [2.75, 3.05) is 6.61 Å². The lowest BCUT2D eigenvalue weighted by Crippen LogP contribution is -2.16. The van der Waals surface area contributed by atoms with E-state index < -0.39 is 30.1 Å². The van der Waals surface area contributed by atoms with E-state index in [-0.39, 0.29) is 0 Å². The molecule has 0 spiro atoms. The molecule has 0 aliphatic heterocycles. The Morgan fingerprint density at radius 2 is 1.93 bits per heavy atom. The number of carbonyl (C=O) groups excluding carboxylic acids is 1. The molecule has 0 amide bonds. The Hall–Kier alpha value is -1.56. The summed E-state index contributed by atoms with van der Waals surface area (Å²) in [6.07, 6.45) is -4.59. The van der Waals surface area contributed by atoms with Gasteiger partial charge in [-0.15, -0.1) is 0 Å². The number of hydrogen-bond donors (Lipinski definition) is 1. The van der Waals surface area contributed by atoms with Crippen LogP contribution in [0.3, 0.4) is 0 Å². The fraction of sp³-hybridized carbons (Fsp3) is 0.222. The molecule has 15 heavy (non-hydrogen) atoms. The second kappa shape index (κ2) is 4.31. The van der Waals surface area contributed by atoms with Gasteiger partial charge in [-0.1, -0.05) is 12.1 Å². The van der Waals surface area contributed by atoms with Gasteiger partial charge in [0.05, 0.1) is 5.56 Å².